The minimum atomic E-state index is 0.0301. The van der Waals surface area contributed by atoms with E-state index in [-0.39, 0.29) is 6.04 Å². The number of hydrazine groups is 1. The molecule has 0 aliphatic heterocycles. The van der Waals surface area contributed by atoms with Gasteiger partial charge in [0.1, 0.15) is 0 Å². The molecule has 1 aliphatic rings. The van der Waals surface area contributed by atoms with Crippen molar-refractivity contribution in [3.63, 3.8) is 0 Å². The Morgan fingerprint density at radius 2 is 2.00 bits per heavy atom. The van der Waals surface area contributed by atoms with E-state index >= 15 is 0 Å². The SMILES string of the molecule is Cc1ccc(Br)cc1C(NN)c1cccc(C2CCC2)c1. The van der Waals surface area contributed by atoms with E-state index in [1.807, 2.05) is 0 Å². The highest BCUT2D eigenvalue weighted by Crippen LogP contribution is 2.37. The summed E-state index contributed by atoms with van der Waals surface area (Å²) in [7, 11) is 0. The number of nitrogens with two attached hydrogens (primary N) is 1. The molecule has 0 saturated heterocycles. The second-order valence-electron chi connectivity index (χ2n) is 5.90. The fraction of sp³-hybridized carbons (Fsp3) is 0.333. The summed E-state index contributed by atoms with van der Waals surface area (Å²) in [5.41, 5.74) is 8.14. The number of hydrogen-bond acceptors (Lipinski definition) is 2. The number of nitrogens with one attached hydrogen (secondary N) is 1. The van der Waals surface area contributed by atoms with Crippen LogP contribution >= 0.6 is 15.9 Å². The van der Waals surface area contributed by atoms with Crippen LogP contribution in [-0.2, 0) is 0 Å². The van der Waals surface area contributed by atoms with E-state index in [0.717, 1.165) is 10.4 Å². The van der Waals surface area contributed by atoms with Crippen molar-refractivity contribution in [3.8, 4) is 0 Å². The number of rotatable bonds is 4. The van der Waals surface area contributed by atoms with E-state index in [1.54, 1.807) is 0 Å². The summed E-state index contributed by atoms with van der Waals surface area (Å²) in [4.78, 5) is 0. The van der Waals surface area contributed by atoms with Crippen LogP contribution in [0.25, 0.3) is 0 Å². The highest BCUT2D eigenvalue weighted by atomic mass is 79.9. The smallest absolute Gasteiger partial charge is 0.0713 e. The fourth-order valence-corrected chi connectivity index (χ4v) is 3.40. The molecular weight excluding hydrogens is 324 g/mol. The van der Waals surface area contributed by atoms with Gasteiger partial charge in [-0.05, 0) is 60.1 Å². The number of hydrogen-bond donors (Lipinski definition) is 2. The molecule has 0 bridgehead atoms. The van der Waals surface area contributed by atoms with Gasteiger partial charge in [-0.1, -0.05) is 52.7 Å². The summed E-state index contributed by atoms with van der Waals surface area (Å²) in [6, 6.07) is 15.2. The molecule has 21 heavy (non-hydrogen) atoms. The van der Waals surface area contributed by atoms with Crippen LogP contribution in [0.4, 0.5) is 0 Å². The van der Waals surface area contributed by atoms with Crippen molar-refractivity contribution in [1.82, 2.24) is 5.43 Å². The first-order valence-corrected chi connectivity index (χ1v) is 8.30. The van der Waals surface area contributed by atoms with Gasteiger partial charge in [-0.15, -0.1) is 0 Å². The maximum absolute atomic E-state index is 5.86. The number of aryl methyl sites for hydroxylation is 1. The molecule has 1 atom stereocenters. The van der Waals surface area contributed by atoms with Crippen LogP contribution in [0.15, 0.2) is 46.9 Å². The molecular formula is C18H21BrN2. The van der Waals surface area contributed by atoms with Crippen LogP contribution in [0.3, 0.4) is 0 Å². The van der Waals surface area contributed by atoms with Gasteiger partial charge in [-0.2, -0.15) is 0 Å². The predicted molar refractivity (Wildman–Crippen MR) is 91.1 cm³/mol. The Balaban J connectivity index is 1.97. The fourth-order valence-electron chi connectivity index (χ4n) is 3.02. The Kier molecular flexibility index (Phi) is 4.43. The molecule has 2 nitrogen and oxygen atoms in total. The van der Waals surface area contributed by atoms with Crippen molar-refractivity contribution >= 4 is 15.9 Å². The van der Waals surface area contributed by atoms with Gasteiger partial charge in [-0.25, -0.2) is 5.43 Å². The topological polar surface area (TPSA) is 38.0 Å². The second-order valence-corrected chi connectivity index (χ2v) is 6.81. The molecule has 2 aromatic rings. The van der Waals surface area contributed by atoms with E-state index in [2.05, 4.69) is 70.7 Å². The zero-order valence-electron chi connectivity index (χ0n) is 12.3. The summed E-state index contributed by atoms with van der Waals surface area (Å²) in [5, 5.41) is 0. The third kappa shape index (κ3) is 3.05. The molecule has 1 unspecified atom stereocenters. The molecule has 0 radical (unpaired) electrons. The van der Waals surface area contributed by atoms with Gasteiger partial charge in [-0.3, -0.25) is 5.84 Å². The van der Waals surface area contributed by atoms with Crippen LogP contribution in [0.1, 0.15) is 53.5 Å². The molecule has 3 N–H and O–H groups in total. The zero-order valence-corrected chi connectivity index (χ0v) is 13.9. The largest absolute Gasteiger partial charge is 0.271 e. The van der Waals surface area contributed by atoms with Gasteiger partial charge in [0.2, 0.25) is 0 Å². The molecule has 3 rings (SSSR count). The van der Waals surface area contributed by atoms with Gasteiger partial charge in [0.25, 0.3) is 0 Å². The van der Waals surface area contributed by atoms with Gasteiger partial charge in [0, 0.05) is 4.47 Å². The summed E-state index contributed by atoms with van der Waals surface area (Å²) in [6.45, 7) is 2.13. The van der Waals surface area contributed by atoms with Crippen molar-refractivity contribution in [1.29, 1.82) is 0 Å². The number of halogens is 1. The van der Waals surface area contributed by atoms with Gasteiger partial charge in [0.05, 0.1) is 6.04 Å². The molecule has 0 spiro atoms. The lowest BCUT2D eigenvalue weighted by atomic mass is 9.79. The van der Waals surface area contributed by atoms with E-state index in [1.165, 1.54) is 41.5 Å². The van der Waals surface area contributed by atoms with Gasteiger partial charge < -0.3 is 0 Å². The van der Waals surface area contributed by atoms with Gasteiger partial charge in [0.15, 0.2) is 0 Å². The van der Waals surface area contributed by atoms with Crippen molar-refractivity contribution < 1.29 is 0 Å². The predicted octanol–water partition coefficient (Wildman–Crippen LogP) is 4.58. The average molecular weight is 345 g/mol. The summed E-state index contributed by atoms with van der Waals surface area (Å²) >= 11 is 3.56. The first kappa shape index (κ1) is 14.8. The quantitative estimate of drug-likeness (QED) is 0.629. The lowest BCUT2D eigenvalue weighted by Crippen LogP contribution is -2.29. The lowest BCUT2D eigenvalue weighted by molar-refractivity contribution is 0.419. The minimum Gasteiger partial charge on any atom is -0.271 e. The van der Waals surface area contributed by atoms with Crippen molar-refractivity contribution in [2.24, 2.45) is 5.84 Å². The van der Waals surface area contributed by atoms with E-state index in [0.29, 0.717) is 0 Å². The zero-order chi connectivity index (χ0) is 14.8. The Hall–Kier alpha value is -1.16. The first-order chi connectivity index (χ1) is 10.2. The maximum atomic E-state index is 5.86. The second kappa shape index (κ2) is 6.30. The molecule has 2 aromatic carbocycles. The van der Waals surface area contributed by atoms with Crippen LogP contribution in [0, 0.1) is 6.92 Å². The Bertz CT molecular complexity index is 635. The summed E-state index contributed by atoms with van der Waals surface area (Å²) in [5.74, 6) is 6.61. The third-order valence-electron chi connectivity index (χ3n) is 4.54. The van der Waals surface area contributed by atoms with E-state index in [4.69, 9.17) is 5.84 Å². The minimum absolute atomic E-state index is 0.0301. The lowest BCUT2D eigenvalue weighted by Gasteiger charge is -2.27. The molecule has 1 aliphatic carbocycles. The molecule has 110 valence electrons. The highest BCUT2D eigenvalue weighted by molar-refractivity contribution is 9.10. The first-order valence-electron chi connectivity index (χ1n) is 7.51. The maximum Gasteiger partial charge on any atom is 0.0713 e. The monoisotopic (exact) mass is 344 g/mol. The van der Waals surface area contributed by atoms with Crippen LogP contribution in [-0.4, -0.2) is 0 Å². The Labute approximate surface area is 134 Å². The normalized spacial score (nSPS) is 16.5. The average Bonchev–Trinajstić information content (AvgIpc) is 2.42. The van der Waals surface area contributed by atoms with E-state index in [9.17, 15) is 0 Å². The summed E-state index contributed by atoms with van der Waals surface area (Å²) in [6.07, 6.45) is 4.00. The third-order valence-corrected chi connectivity index (χ3v) is 5.03. The van der Waals surface area contributed by atoms with Crippen LogP contribution < -0.4 is 11.3 Å². The molecule has 1 saturated carbocycles. The van der Waals surface area contributed by atoms with Crippen molar-refractivity contribution in [2.45, 2.75) is 38.1 Å². The Morgan fingerprint density at radius 3 is 2.67 bits per heavy atom. The van der Waals surface area contributed by atoms with Gasteiger partial charge >= 0.3 is 0 Å². The molecule has 3 heteroatoms. The standard InChI is InChI=1S/C18H21BrN2/c1-12-8-9-16(19)11-17(12)18(21-20)15-7-3-6-14(10-15)13-4-2-5-13/h3,6-11,13,18,21H,2,4-5,20H2,1H3. The summed E-state index contributed by atoms with van der Waals surface area (Å²) < 4.78 is 1.08. The molecule has 0 aromatic heterocycles. The molecule has 0 heterocycles. The van der Waals surface area contributed by atoms with E-state index < -0.39 is 0 Å². The van der Waals surface area contributed by atoms with Crippen molar-refractivity contribution in [2.75, 3.05) is 0 Å². The Morgan fingerprint density at radius 1 is 1.19 bits per heavy atom. The van der Waals surface area contributed by atoms with Crippen LogP contribution in [0.2, 0.25) is 0 Å². The number of benzene rings is 2. The molecule has 1 fully saturated rings. The van der Waals surface area contributed by atoms with Crippen molar-refractivity contribution in [3.05, 3.63) is 69.2 Å². The highest BCUT2D eigenvalue weighted by Gasteiger charge is 2.21. The van der Waals surface area contributed by atoms with Crippen LogP contribution in [0.5, 0.6) is 0 Å². The molecule has 0 amide bonds.